The summed E-state index contributed by atoms with van der Waals surface area (Å²) in [6.07, 6.45) is 0.493. The van der Waals surface area contributed by atoms with E-state index in [2.05, 4.69) is 33.9 Å². The number of hydrogen-bond donors (Lipinski definition) is 0. The molecule has 0 unspecified atom stereocenters. The molecule has 0 saturated carbocycles. The van der Waals surface area contributed by atoms with E-state index in [9.17, 15) is 4.79 Å². The molecule has 0 spiro atoms. The number of carbonyl (C=O) groups is 1. The molecule has 78 valence electrons. The maximum atomic E-state index is 10.4. The van der Waals surface area contributed by atoms with Gasteiger partial charge in [0.05, 0.1) is 0 Å². The molecule has 0 bridgehead atoms. The fourth-order valence-electron chi connectivity index (χ4n) is 0.688. The highest BCUT2D eigenvalue weighted by atomic mass is 28.4. The van der Waals surface area contributed by atoms with Gasteiger partial charge < -0.3 is 9.22 Å². The number of aldehydes is 1. The second-order valence-corrected chi connectivity index (χ2v) is 9.67. The Kier molecular flexibility index (Phi) is 4.13. The summed E-state index contributed by atoms with van der Waals surface area (Å²) in [5.74, 6) is 0. The van der Waals surface area contributed by atoms with E-state index in [0.29, 0.717) is 19.4 Å². The van der Waals surface area contributed by atoms with E-state index in [-0.39, 0.29) is 5.04 Å². The predicted molar refractivity (Wildman–Crippen MR) is 58.4 cm³/mol. The molecular formula is C10H22O2Si. The Morgan fingerprint density at radius 1 is 1.46 bits per heavy atom. The van der Waals surface area contributed by atoms with Crippen LogP contribution in [0.2, 0.25) is 18.1 Å². The smallest absolute Gasteiger partial charge is 0.191 e. The van der Waals surface area contributed by atoms with Crippen molar-refractivity contribution in [2.75, 3.05) is 6.61 Å². The molecule has 2 nitrogen and oxygen atoms in total. The quantitative estimate of drug-likeness (QED) is 0.390. The zero-order valence-electron chi connectivity index (χ0n) is 10.4. The maximum Gasteiger partial charge on any atom is 0.191 e. The summed E-state index contributed by atoms with van der Waals surface area (Å²) in [4.78, 5) is 10.4. The van der Waals surface area contributed by atoms with Crippen molar-refractivity contribution in [2.45, 2.75) is 51.7 Å². The van der Waals surface area contributed by atoms with Crippen LogP contribution in [0.15, 0.2) is 0 Å². The van der Waals surface area contributed by atoms with E-state index in [0.717, 1.165) is 0 Å². The van der Waals surface area contributed by atoms with Gasteiger partial charge >= 0.3 is 0 Å². The number of hydrogen-bond acceptors (Lipinski definition) is 2. The fraction of sp³-hybridized carbons (Fsp3) is 0.900. The summed E-state index contributed by atoms with van der Waals surface area (Å²) >= 11 is 0. The minimum Gasteiger partial charge on any atom is -0.417 e. The Labute approximate surface area is 84.2 Å². The monoisotopic (exact) mass is 203 g/mol. The van der Waals surface area contributed by atoms with Crippen LogP contribution in [0.1, 0.15) is 35.0 Å². The van der Waals surface area contributed by atoms with E-state index in [1.165, 1.54) is 0 Å². The Hall–Kier alpha value is -0.153. The lowest BCUT2D eigenvalue weighted by Gasteiger charge is -2.36. The van der Waals surface area contributed by atoms with Crippen molar-refractivity contribution in [2.24, 2.45) is 0 Å². The highest BCUT2D eigenvalue weighted by Gasteiger charge is 2.36. The first-order chi connectivity index (χ1) is 6.17. The Balaban J connectivity index is 3.83. The van der Waals surface area contributed by atoms with Gasteiger partial charge in [0, 0.05) is 13.0 Å². The predicted octanol–water partition coefficient (Wildman–Crippen LogP) is 2.99. The molecule has 0 amide bonds. The molecule has 0 N–H and O–H groups in total. The molecule has 13 heavy (non-hydrogen) atoms. The van der Waals surface area contributed by atoms with Crippen molar-refractivity contribution in [3.05, 3.63) is 0 Å². The van der Waals surface area contributed by atoms with Crippen molar-refractivity contribution < 1.29 is 10.6 Å². The molecule has 0 heterocycles. The second kappa shape index (κ2) is 4.91. The summed E-state index contributed by atoms with van der Waals surface area (Å²) in [6.45, 7) is 11.6. The van der Waals surface area contributed by atoms with Crippen LogP contribution >= 0.6 is 0 Å². The highest BCUT2D eigenvalue weighted by molar-refractivity contribution is 6.74. The van der Waals surface area contributed by atoms with Gasteiger partial charge in [-0.1, -0.05) is 20.8 Å². The zero-order valence-corrected chi connectivity index (χ0v) is 10.4. The first-order valence-electron chi connectivity index (χ1n) is 5.30. The molecule has 0 aromatic carbocycles. The van der Waals surface area contributed by atoms with E-state index < -0.39 is 14.6 Å². The van der Waals surface area contributed by atoms with Crippen LogP contribution in [0.4, 0.5) is 0 Å². The lowest BCUT2D eigenvalue weighted by molar-refractivity contribution is -0.108. The van der Waals surface area contributed by atoms with Crippen LogP contribution in [0.25, 0.3) is 0 Å². The largest absolute Gasteiger partial charge is 0.417 e. The molecule has 3 heteroatoms. The average Bonchev–Trinajstić information content (AvgIpc) is 1.95. The van der Waals surface area contributed by atoms with Gasteiger partial charge in [0.2, 0.25) is 0 Å². The lowest BCUT2D eigenvalue weighted by Crippen LogP contribution is -2.40. The van der Waals surface area contributed by atoms with Crippen LogP contribution in [0.5, 0.6) is 0 Å². The molecule has 0 aromatic heterocycles. The molecule has 0 aliphatic carbocycles. The Morgan fingerprint density at radius 3 is 2.38 bits per heavy atom. The molecule has 0 aliphatic heterocycles. The van der Waals surface area contributed by atoms with Gasteiger partial charge in [-0.3, -0.25) is 0 Å². The molecule has 0 fully saturated rings. The van der Waals surface area contributed by atoms with Gasteiger partial charge in [-0.15, -0.1) is 0 Å². The highest BCUT2D eigenvalue weighted by Crippen LogP contribution is 2.36. The van der Waals surface area contributed by atoms with Gasteiger partial charge in [0.1, 0.15) is 7.63 Å². The summed E-state index contributed by atoms with van der Waals surface area (Å²) in [6, 6.07) is 0. The van der Waals surface area contributed by atoms with Gasteiger partial charge in [-0.2, -0.15) is 0 Å². The Morgan fingerprint density at radius 2 is 2.00 bits per heavy atom. The van der Waals surface area contributed by atoms with Crippen LogP contribution in [0, 0.1) is 0 Å². The SMILES string of the molecule is [2H]C(=O)CCCO[Si](C)(C)C(C)(C)C. The Bertz CT molecular complexity index is 197. The van der Waals surface area contributed by atoms with Crippen molar-refractivity contribution in [3.8, 4) is 0 Å². The van der Waals surface area contributed by atoms with Crippen LogP contribution < -0.4 is 0 Å². The van der Waals surface area contributed by atoms with Gasteiger partial charge in [0.15, 0.2) is 8.32 Å². The van der Waals surface area contributed by atoms with E-state index in [4.69, 9.17) is 5.80 Å². The zero-order chi connectivity index (χ0) is 11.4. The van der Waals surface area contributed by atoms with Crippen LogP contribution in [-0.2, 0) is 9.22 Å². The number of carbonyl (C=O) groups excluding carboxylic acids is 1. The standard InChI is InChI=1S/C10H22O2Si/c1-10(2,3)13(4,5)12-9-7-6-8-11/h8H,6-7,9H2,1-5H3/i8D. The van der Waals surface area contributed by atoms with Gasteiger partial charge in [0.25, 0.3) is 0 Å². The molecule has 0 rings (SSSR count). The molecule has 0 saturated heterocycles. The number of rotatable bonds is 5. The minimum absolute atomic E-state index is 0.220. The van der Waals surface area contributed by atoms with Gasteiger partial charge in [-0.05, 0) is 24.6 Å². The third kappa shape index (κ3) is 4.57. The third-order valence-electron chi connectivity index (χ3n) is 2.69. The summed E-state index contributed by atoms with van der Waals surface area (Å²) in [5.41, 5.74) is 0. The van der Waals surface area contributed by atoms with Crippen molar-refractivity contribution in [1.82, 2.24) is 0 Å². The summed E-state index contributed by atoms with van der Waals surface area (Å²) in [5, 5.41) is 0.220. The van der Waals surface area contributed by atoms with Crippen LogP contribution in [-0.4, -0.2) is 21.2 Å². The molecule has 0 atom stereocenters. The maximum absolute atomic E-state index is 10.4. The second-order valence-electron chi connectivity index (χ2n) is 4.86. The topological polar surface area (TPSA) is 26.3 Å². The normalized spacial score (nSPS) is 14.1. The fourth-order valence-corrected chi connectivity index (χ4v) is 1.78. The van der Waals surface area contributed by atoms with E-state index >= 15 is 0 Å². The summed E-state index contributed by atoms with van der Waals surface area (Å²) < 4.78 is 12.6. The third-order valence-corrected chi connectivity index (χ3v) is 7.23. The minimum atomic E-state index is -1.65. The van der Waals surface area contributed by atoms with Crippen LogP contribution in [0.3, 0.4) is 0 Å². The molecule has 0 aliphatic rings. The molecule has 0 radical (unpaired) electrons. The van der Waals surface area contributed by atoms with Crippen molar-refractivity contribution >= 4 is 14.6 Å². The van der Waals surface area contributed by atoms with Crippen molar-refractivity contribution in [3.63, 3.8) is 0 Å². The van der Waals surface area contributed by atoms with Gasteiger partial charge in [-0.25, -0.2) is 0 Å². The first-order valence-corrected chi connectivity index (χ1v) is 7.71. The molecule has 0 aromatic rings. The molecular weight excluding hydrogens is 180 g/mol. The van der Waals surface area contributed by atoms with E-state index in [1.807, 2.05) is 0 Å². The average molecular weight is 203 g/mol. The van der Waals surface area contributed by atoms with Crippen molar-refractivity contribution in [1.29, 1.82) is 0 Å². The van der Waals surface area contributed by atoms with E-state index in [1.54, 1.807) is 0 Å². The summed E-state index contributed by atoms with van der Waals surface area (Å²) in [7, 11) is -1.65. The first kappa shape index (κ1) is 10.9. The lowest BCUT2D eigenvalue weighted by atomic mass is 10.2.